The Bertz CT molecular complexity index is 1430. The Balaban J connectivity index is 1.58. The van der Waals surface area contributed by atoms with Crippen molar-refractivity contribution in [2.45, 2.75) is 62.6 Å². The van der Waals surface area contributed by atoms with Gasteiger partial charge in [0.2, 0.25) is 5.91 Å². The van der Waals surface area contributed by atoms with E-state index in [-0.39, 0.29) is 36.1 Å². The third kappa shape index (κ3) is 4.78. The number of fused-ring (bicyclic) bond motifs is 3. The number of aliphatic hydroxyl groups is 1. The fourth-order valence-electron chi connectivity index (χ4n) is 7.72. The lowest BCUT2D eigenvalue weighted by atomic mass is 9.52. The molecule has 3 fully saturated rings. The molecule has 3 saturated carbocycles. The van der Waals surface area contributed by atoms with Gasteiger partial charge >= 0.3 is 0 Å². The molecule has 4 aliphatic rings. The lowest BCUT2D eigenvalue weighted by Crippen LogP contribution is -2.74. The molecule has 0 saturated heterocycles. The Morgan fingerprint density at radius 1 is 1.05 bits per heavy atom. The van der Waals surface area contributed by atoms with Gasteiger partial charge < -0.3 is 31.9 Å². The monoisotopic (exact) mass is 596 g/mol. The number of benzene rings is 1. The van der Waals surface area contributed by atoms with Crippen LogP contribution < -0.4 is 21.7 Å². The van der Waals surface area contributed by atoms with Crippen LogP contribution in [0.5, 0.6) is 5.75 Å². The predicted molar refractivity (Wildman–Crippen MR) is 158 cm³/mol. The lowest BCUT2D eigenvalue weighted by molar-refractivity contribution is -0.181. The molecule has 13 heteroatoms. The number of guanidine groups is 1. The highest BCUT2D eigenvalue weighted by Gasteiger charge is 2.69. The summed E-state index contributed by atoms with van der Waals surface area (Å²) >= 11 is 0. The van der Waals surface area contributed by atoms with Crippen molar-refractivity contribution >= 4 is 46.4 Å². The molecule has 0 radical (unpaired) electrons. The van der Waals surface area contributed by atoms with Gasteiger partial charge in [0.05, 0.1) is 29.3 Å². The summed E-state index contributed by atoms with van der Waals surface area (Å²) in [5, 5.41) is 26.1. The van der Waals surface area contributed by atoms with Crippen molar-refractivity contribution in [2.75, 3.05) is 38.4 Å². The number of hydrogen-bond acceptors (Lipinski definition) is 10. The van der Waals surface area contributed by atoms with E-state index in [0.717, 1.165) is 32.1 Å². The fraction of sp³-hybridized carbons (Fsp3) is 0.600. The van der Waals surface area contributed by atoms with E-state index < -0.39 is 70.1 Å². The van der Waals surface area contributed by atoms with Crippen molar-refractivity contribution < 1.29 is 34.2 Å². The summed E-state index contributed by atoms with van der Waals surface area (Å²) < 4.78 is 0. The van der Waals surface area contributed by atoms with Gasteiger partial charge in [0.15, 0.2) is 40.6 Å². The average molecular weight is 597 g/mol. The van der Waals surface area contributed by atoms with E-state index in [0.29, 0.717) is 11.3 Å². The molecule has 4 aliphatic carbocycles. The highest BCUT2D eigenvalue weighted by molar-refractivity contribution is 6.32. The second kappa shape index (κ2) is 11.0. The Morgan fingerprint density at radius 3 is 2.28 bits per heavy atom. The molecular formula is C30H40N6O7. The third-order valence-electron chi connectivity index (χ3n) is 9.68. The number of anilines is 2. The zero-order chi connectivity index (χ0) is 31.5. The highest BCUT2D eigenvalue weighted by atomic mass is 16.3. The van der Waals surface area contributed by atoms with Crippen molar-refractivity contribution in [1.29, 1.82) is 0 Å². The van der Waals surface area contributed by atoms with Gasteiger partial charge in [-0.15, -0.1) is 0 Å². The van der Waals surface area contributed by atoms with Gasteiger partial charge in [0.25, 0.3) is 0 Å². The average Bonchev–Trinajstić information content (AvgIpc) is 2.92. The number of nitrogens with zero attached hydrogens (tertiary/aromatic N) is 3. The second-order valence-electron chi connectivity index (χ2n) is 12.8. The molecule has 6 atom stereocenters. The third-order valence-corrected chi connectivity index (χ3v) is 9.68. The number of amides is 1. The molecule has 43 heavy (non-hydrogen) atoms. The molecule has 13 nitrogen and oxygen atoms in total. The fourth-order valence-corrected chi connectivity index (χ4v) is 7.72. The van der Waals surface area contributed by atoms with Gasteiger partial charge in [-0.3, -0.25) is 28.9 Å². The topological polar surface area (TPSA) is 209 Å². The van der Waals surface area contributed by atoms with Gasteiger partial charge in [0, 0.05) is 25.7 Å². The number of phenols is 1. The second-order valence-corrected chi connectivity index (χ2v) is 12.8. The molecular weight excluding hydrogens is 556 g/mol. The minimum atomic E-state index is -2.77. The number of nitrogens with two attached hydrogens (primary N) is 2. The smallest absolute Gasteiger partial charge is 0.235 e. The lowest BCUT2D eigenvalue weighted by Gasteiger charge is -2.52. The summed E-state index contributed by atoms with van der Waals surface area (Å²) in [7, 11) is 6.66. The minimum Gasteiger partial charge on any atom is -0.505 e. The van der Waals surface area contributed by atoms with Gasteiger partial charge in [-0.2, -0.15) is 0 Å². The number of phenolic OH excluding ortho intramolecular Hbond substituents is 1. The summed E-state index contributed by atoms with van der Waals surface area (Å²) in [6.45, 7) is 0. The maximum Gasteiger partial charge on any atom is 0.235 e. The summed E-state index contributed by atoms with van der Waals surface area (Å²) in [5.41, 5.74) is 9.95. The van der Waals surface area contributed by atoms with Crippen LogP contribution in [0.15, 0.2) is 11.1 Å². The number of ketones is 4. The summed E-state index contributed by atoms with van der Waals surface area (Å²) in [4.78, 5) is 74.9. The van der Waals surface area contributed by atoms with Crippen LogP contribution in [0.2, 0.25) is 0 Å². The molecule has 6 unspecified atom stereocenters. The largest absolute Gasteiger partial charge is 0.505 e. The number of aliphatic imine (C=N–C) groups is 1. The van der Waals surface area contributed by atoms with Crippen molar-refractivity contribution in [1.82, 2.24) is 4.90 Å². The first kappa shape index (κ1) is 30.6. The first-order valence-corrected chi connectivity index (χ1v) is 14.7. The van der Waals surface area contributed by atoms with Gasteiger partial charge in [-0.25, -0.2) is 4.99 Å². The summed E-state index contributed by atoms with van der Waals surface area (Å²) in [6, 6.07) is 0.571. The van der Waals surface area contributed by atoms with Crippen LogP contribution in [-0.4, -0.2) is 96.0 Å². The number of primary amides is 1. The van der Waals surface area contributed by atoms with Crippen molar-refractivity contribution in [3.63, 3.8) is 0 Å². The Morgan fingerprint density at radius 2 is 1.70 bits per heavy atom. The van der Waals surface area contributed by atoms with Crippen LogP contribution >= 0.6 is 0 Å². The SMILES string of the molecule is CN(C)c1cc(NC(N)=NC2CCCCC2)c(O)c2c1CC1CC3C(N(C)C)C(=O)C(C(N)=O)C(=O)C3(O)C(=O)C1C2=O. The molecule has 1 amide bonds. The zero-order valence-electron chi connectivity index (χ0n) is 24.9. The van der Waals surface area contributed by atoms with Crippen LogP contribution in [0.25, 0.3) is 0 Å². The number of rotatable bonds is 5. The molecule has 7 N–H and O–H groups in total. The standard InChI is InChI=1S/C30H40N6O7/c1-35(2)18-12-17(34-29(32)33-14-8-6-5-7-9-14)23(37)20-15(18)10-13-11-16-22(36(3)4)25(39)21(28(31)42)27(41)30(16,43)26(40)19(13)24(20)38/h12-14,16,19,21-22,37,43H,5-11H2,1-4H3,(H2,31,42)(H3,32,33,34). The van der Waals surface area contributed by atoms with Gasteiger partial charge in [-0.1, -0.05) is 19.3 Å². The Hall–Kier alpha value is -3.84. The first-order chi connectivity index (χ1) is 20.2. The quantitative estimate of drug-likeness (QED) is 0.132. The van der Waals surface area contributed by atoms with E-state index in [2.05, 4.69) is 10.3 Å². The van der Waals surface area contributed by atoms with E-state index in [9.17, 15) is 34.2 Å². The maximum atomic E-state index is 14.2. The van der Waals surface area contributed by atoms with Crippen molar-refractivity contribution in [3.8, 4) is 5.75 Å². The highest BCUT2D eigenvalue weighted by Crippen LogP contribution is 2.52. The molecule has 0 aliphatic heterocycles. The van der Waals surface area contributed by atoms with Crippen molar-refractivity contribution in [3.05, 3.63) is 17.2 Å². The zero-order valence-corrected chi connectivity index (χ0v) is 24.9. The van der Waals surface area contributed by atoms with E-state index in [1.807, 2.05) is 0 Å². The number of Topliss-reactive ketones (excluding diaryl/α,β-unsaturated/α-hetero) is 4. The number of carbonyl (C=O) groups excluding carboxylic acids is 5. The summed E-state index contributed by atoms with van der Waals surface area (Å²) in [6.07, 6.45) is 5.23. The molecule has 0 spiro atoms. The van der Waals surface area contributed by atoms with E-state index in [1.54, 1.807) is 39.2 Å². The molecule has 0 aromatic heterocycles. The number of nitrogens with one attached hydrogen (secondary N) is 1. The molecule has 1 aromatic rings. The summed E-state index contributed by atoms with van der Waals surface area (Å²) in [5.74, 6) is -10.9. The van der Waals surface area contributed by atoms with E-state index in [1.165, 1.54) is 4.90 Å². The number of carbonyl (C=O) groups is 5. The van der Waals surface area contributed by atoms with Gasteiger partial charge in [-0.05, 0) is 57.3 Å². The number of likely N-dealkylation sites (N-methyl/N-ethyl adjacent to an activating group) is 1. The van der Waals surface area contributed by atoms with E-state index >= 15 is 0 Å². The van der Waals surface area contributed by atoms with Crippen LogP contribution in [-0.2, 0) is 25.6 Å². The molecule has 1 aromatic carbocycles. The van der Waals surface area contributed by atoms with Crippen LogP contribution in [0.3, 0.4) is 0 Å². The predicted octanol–water partition coefficient (Wildman–Crippen LogP) is -0.00770. The first-order valence-electron chi connectivity index (χ1n) is 14.7. The Labute approximate surface area is 249 Å². The van der Waals surface area contributed by atoms with Crippen LogP contribution in [0, 0.1) is 23.7 Å². The number of hydrogen-bond donors (Lipinski definition) is 5. The van der Waals surface area contributed by atoms with Crippen molar-refractivity contribution in [2.24, 2.45) is 40.1 Å². The molecule has 232 valence electrons. The van der Waals surface area contributed by atoms with E-state index in [4.69, 9.17) is 11.5 Å². The molecule has 0 bridgehead atoms. The Kier molecular flexibility index (Phi) is 7.84. The van der Waals surface area contributed by atoms with Gasteiger partial charge in [0.1, 0.15) is 5.75 Å². The molecule has 0 heterocycles. The minimum absolute atomic E-state index is 0.0154. The number of aromatic hydroxyl groups is 1. The molecule has 5 rings (SSSR count). The van der Waals surface area contributed by atoms with Crippen LogP contribution in [0.1, 0.15) is 54.4 Å². The van der Waals surface area contributed by atoms with Crippen LogP contribution in [0.4, 0.5) is 11.4 Å². The normalized spacial score (nSPS) is 31.4. The maximum absolute atomic E-state index is 14.2.